The molecule has 0 bridgehead atoms. The Balaban J connectivity index is 2.02. The van der Waals surface area contributed by atoms with Crippen LogP contribution in [0.15, 0.2) is 47.8 Å². The average Bonchev–Trinajstić information content (AvgIpc) is 2.52. The molecule has 2 heterocycles. The molecule has 2 aromatic rings. The molecular formula is C14H11N5O3. The molecule has 0 unspecified atom stereocenters. The highest BCUT2D eigenvalue weighted by atomic mass is 16.6. The minimum absolute atomic E-state index is 0.00679. The predicted octanol–water partition coefficient (Wildman–Crippen LogP) is 2.01. The number of anilines is 1. The Labute approximate surface area is 125 Å². The van der Waals surface area contributed by atoms with Crippen molar-refractivity contribution in [1.82, 2.24) is 9.97 Å². The molecule has 8 heteroatoms. The number of oxime groups is 1. The fraction of sp³-hybridized carbons (Fsp3) is 0.0714. The molecule has 0 aliphatic carbocycles. The third-order valence-electron chi connectivity index (χ3n) is 2.42. The summed E-state index contributed by atoms with van der Waals surface area (Å²) in [5, 5.41) is 23.5. The van der Waals surface area contributed by atoms with Crippen LogP contribution in [0.4, 0.5) is 10.6 Å². The van der Waals surface area contributed by atoms with Crippen molar-refractivity contribution in [2.75, 3.05) is 5.32 Å². The van der Waals surface area contributed by atoms with Crippen LogP contribution in [0, 0.1) is 11.3 Å². The zero-order chi connectivity index (χ0) is 15.8. The number of nitrogens with zero attached hydrogens (tertiary/aromatic N) is 4. The second-order valence-corrected chi connectivity index (χ2v) is 3.98. The smallest absolute Gasteiger partial charge is 0.410 e. The number of carbonyl (C=O) groups is 1. The van der Waals surface area contributed by atoms with Gasteiger partial charge in [-0.2, -0.15) is 5.26 Å². The summed E-state index contributed by atoms with van der Waals surface area (Å²) in [6, 6.07) is 11.8. The lowest BCUT2D eigenvalue weighted by Crippen LogP contribution is -2.09. The fourth-order valence-electron chi connectivity index (χ4n) is 1.53. The Kier molecular flexibility index (Phi) is 4.99. The maximum absolute atomic E-state index is 10.5. The highest BCUT2D eigenvalue weighted by molar-refractivity contribution is 6.09. The highest BCUT2D eigenvalue weighted by Crippen LogP contribution is 2.06. The van der Waals surface area contributed by atoms with Gasteiger partial charge in [0.05, 0.1) is 5.69 Å². The molecule has 22 heavy (non-hydrogen) atoms. The predicted molar refractivity (Wildman–Crippen MR) is 77.1 cm³/mol. The Morgan fingerprint density at radius 1 is 1.36 bits per heavy atom. The van der Waals surface area contributed by atoms with E-state index in [0.29, 0.717) is 11.4 Å². The van der Waals surface area contributed by atoms with E-state index in [1.54, 1.807) is 36.5 Å². The summed E-state index contributed by atoms with van der Waals surface area (Å²) in [5.41, 5.74) is 0.910. The second kappa shape index (κ2) is 7.35. The number of nitrogens with one attached hydrogen (secondary N) is 1. The molecule has 1 amide bonds. The number of hydrogen-bond acceptors (Lipinski definition) is 6. The first-order chi connectivity index (χ1) is 10.7. The standard InChI is InChI=1S/C14H11N5O3/c15-8-12(11-5-1-2-7-16-11)19-22-9-10-4-3-6-13(17-10)18-14(20)21/h1-7H,9H2,(H,17,18)(H,20,21)/b19-12+. The lowest BCUT2D eigenvalue weighted by molar-refractivity contribution is 0.128. The van der Waals surface area contributed by atoms with Gasteiger partial charge in [0.15, 0.2) is 6.61 Å². The fourth-order valence-corrected chi connectivity index (χ4v) is 1.53. The topological polar surface area (TPSA) is 120 Å². The normalized spacial score (nSPS) is 10.6. The lowest BCUT2D eigenvalue weighted by atomic mass is 10.2. The molecule has 2 N–H and O–H groups in total. The summed E-state index contributed by atoms with van der Waals surface area (Å²) in [6.07, 6.45) is 0.343. The van der Waals surface area contributed by atoms with Crippen molar-refractivity contribution >= 4 is 17.6 Å². The highest BCUT2D eigenvalue weighted by Gasteiger charge is 2.05. The van der Waals surface area contributed by atoms with Crippen LogP contribution < -0.4 is 5.32 Å². The van der Waals surface area contributed by atoms with Gasteiger partial charge in [-0.25, -0.2) is 9.78 Å². The molecule has 0 fully saturated rings. The number of amides is 1. The van der Waals surface area contributed by atoms with Crippen LogP contribution in [-0.4, -0.2) is 26.9 Å². The molecule has 0 radical (unpaired) electrons. The maximum atomic E-state index is 10.5. The third-order valence-corrected chi connectivity index (χ3v) is 2.42. The van der Waals surface area contributed by atoms with E-state index in [9.17, 15) is 4.79 Å². The van der Waals surface area contributed by atoms with Gasteiger partial charge in [-0.1, -0.05) is 17.3 Å². The Bertz CT molecular complexity index is 725. The van der Waals surface area contributed by atoms with E-state index < -0.39 is 6.09 Å². The summed E-state index contributed by atoms with van der Waals surface area (Å²) in [6.45, 7) is -0.00679. The van der Waals surface area contributed by atoms with E-state index >= 15 is 0 Å². The summed E-state index contributed by atoms with van der Waals surface area (Å²) in [7, 11) is 0. The van der Waals surface area contributed by atoms with E-state index in [2.05, 4.69) is 20.4 Å². The van der Waals surface area contributed by atoms with Crippen molar-refractivity contribution in [2.45, 2.75) is 6.61 Å². The van der Waals surface area contributed by atoms with Gasteiger partial charge in [0.25, 0.3) is 0 Å². The molecule has 0 aliphatic rings. The summed E-state index contributed by atoms with van der Waals surface area (Å²) >= 11 is 0. The molecule has 2 aromatic heterocycles. The van der Waals surface area contributed by atoms with Gasteiger partial charge in [-0.15, -0.1) is 0 Å². The van der Waals surface area contributed by atoms with Gasteiger partial charge in [-0.05, 0) is 24.3 Å². The summed E-state index contributed by atoms with van der Waals surface area (Å²) in [4.78, 5) is 23.6. The van der Waals surface area contributed by atoms with E-state index in [1.165, 1.54) is 6.07 Å². The van der Waals surface area contributed by atoms with Crippen molar-refractivity contribution in [3.8, 4) is 6.07 Å². The summed E-state index contributed by atoms with van der Waals surface area (Å²) in [5.74, 6) is 0.183. The zero-order valence-corrected chi connectivity index (χ0v) is 11.3. The monoisotopic (exact) mass is 297 g/mol. The number of hydrogen-bond donors (Lipinski definition) is 2. The van der Waals surface area contributed by atoms with Crippen LogP contribution in [-0.2, 0) is 11.4 Å². The van der Waals surface area contributed by atoms with Crippen molar-refractivity contribution in [1.29, 1.82) is 5.26 Å². The van der Waals surface area contributed by atoms with Crippen molar-refractivity contribution < 1.29 is 14.7 Å². The van der Waals surface area contributed by atoms with Gasteiger partial charge in [-0.3, -0.25) is 10.3 Å². The molecule has 0 spiro atoms. The quantitative estimate of drug-likeness (QED) is 0.643. The number of carboxylic acid groups (broad SMARTS) is 1. The lowest BCUT2D eigenvalue weighted by Gasteiger charge is -2.03. The average molecular weight is 297 g/mol. The first kappa shape index (κ1) is 14.9. The van der Waals surface area contributed by atoms with E-state index in [1.807, 2.05) is 6.07 Å². The molecule has 2 rings (SSSR count). The van der Waals surface area contributed by atoms with Gasteiger partial charge in [0, 0.05) is 6.20 Å². The van der Waals surface area contributed by atoms with Crippen molar-refractivity contribution in [2.24, 2.45) is 5.16 Å². The summed E-state index contributed by atoms with van der Waals surface area (Å²) < 4.78 is 0. The van der Waals surface area contributed by atoms with Crippen molar-refractivity contribution in [3.63, 3.8) is 0 Å². The minimum Gasteiger partial charge on any atom is -0.465 e. The van der Waals surface area contributed by atoms with Crippen LogP contribution in [0.25, 0.3) is 0 Å². The van der Waals surface area contributed by atoms with E-state index in [-0.39, 0.29) is 18.1 Å². The number of rotatable bonds is 5. The number of nitriles is 1. The van der Waals surface area contributed by atoms with Gasteiger partial charge < -0.3 is 9.94 Å². The Hall–Kier alpha value is -3.47. The maximum Gasteiger partial charge on any atom is 0.410 e. The van der Waals surface area contributed by atoms with Crippen LogP contribution in [0.1, 0.15) is 11.4 Å². The first-order valence-corrected chi connectivity index (χ1v) is 6.16. The van der Waals surface area contributed by atoms with Gasteiger partial charge >= 0.3 is 6.09 Å². The molecule has 0 atom stereocenters. The molecule has 0 saturated heterocycles. The number of pyridine rings is 2. The van der Waals surface area contributed by atoms with E-state index in [4.69, 9.17) is 15.2 Å². The molecule has 110 valence electrons. The molecule has 0 aromatic carbocycles. The van der Waals surface area contributed by atoms with Crippen LogP contribution in [0.2, 0.25) is 0 Å². The van der Waals surface area contributed by atoms with Gasteiger partial charge in [0.2, 0.25) is 5.71 Å². The Morgan fingerprint density at radius 2 is 2.23 bits per heavy atom. The van der Waals surface area contributed by atoms with Crippen LogP contribution in [0.5, 0.6) is 0 Å². The Morgan fingerprint density at radius 3 is 2.91 bits per heavy atom. The molecular weight excluding hydrogens is 286 g/mol. The van der Waals surface area contributed by atoms with Crippen molar-refractivity contribution in [3.05, 3.63) is 54.0 Å². The first-order valence-electron chi connectivity index (χ1n) is 6.16. The zero-order valence-electron chi connectivity index (χ0n) is 11.3. The molecule has 8 nitrogen and oxygen atoms in total. The SMILES string of the molecule is N#C/C(=N\OCc1cccc(NC(=O)O)n1)c1ccccn1. The second-order valence-electron chi connectivity index (χ2n) is 3.98. The molecule has 0 saturated carbocycles. The molecule has 0 aliphatic heterocycles. The van der Waals surface area contributed by atoms with Gasteiger partial charge in [0.1, 0.15) is 17.6 Å². The van der Waals surface area contributed by atoms with Crippen LogP contribution in [0.3, 0.4) is 0 Å². The van der Waals surface area contributed by atoms with Crippen LogP contribution >= 0.6 is 0 Å². The number of aromatic nitrogens is 2. The third kappa shape index (κ3) is 4.28. The van der Waals surface area contributed by atoms with E-state index in [0.717, 1.165) is 0 Å². The minimum atomic E-state index is -1.20. The largest absolute Gasteiger partial charge is 0.465 e.